The molecule has 2 unspecified atom stereocenters. The quantitative estimate of drug-likeness (QED) is 0.850. The third kappa shape index (κ3) is 3.45. The number of nitrogens with zero attached hydrogens (tertiary/aromatic N) is 1. The predicted octanol–water partition coefficient (Wildman–Crippen LogP) is 2.34. The van der Waals surface area contributed by atoms with E-state index in [2.05, 4.69) is 10.2 Å². The lowest BCUT2D eigenvalue weighted by Gasteiger charge is -2.34. The van der Waals surface area contributed by atoms with Crippen molar-refractivity contribution in [2.45, 2.75) is 70.6 Å². The van der Waals surface area contributed by atoms with Gasteiger partial charge in [0.1, 0.15) is 11.4 Å². The van der Waals surface area contributed by atoms with Gasteiger partial charge in [0.2, 0.25) is 0 Å². The van der Waals surface area contributed by atoms with Crippen LogP contribution in [0.1, 0.15) is 52.9 Å². The lowest BCUT2D eigenvalue weighted by Crippen LogP contribution is -2.44. The summed E-state index contributed by atoms with van der Waals surface area (Å²) in [6, 6.07) is 0.700. The third-order valence-corrected chi connectivity index (χ3v) is 5.24. The topological polar surface area (TPSA) is 58.6 Å². The molecule has 0 radical (unpaired) electrons. The summed E-state index contributed by atoms with van der Waals surface area (Å²) in [6.45, 7) is 7.53. The maximum absolute atomic E-state index is 12.0. The highest BCUT2D eigenvalue weighted by Gasteiger charge is 2.44. The summed E-state index contributed by atoms with van der Waals surface area (Å²) in [4.78, 5) is 26.3. The Morgan fingerprint density at radius 2 is 1.82 bits per heavy atom. The molecule has 3 rings (SSSR count). The number of likely N-dealkylation sites (tertiary alicyclic amines) is 1. The van der Waals surface area contributed by atoms with Gasteiger partial charge in [0.05, 0.1) is 0 Å². The van der Waals surface area contributed by atoms with Gasteiger partial charge in [-0.3, -0.25) is 9.69 Å². The standard InChI is InChI=1S/C17H28N2O3/c1-17(2,3)22-16(21)18-13-6-7-19(10-13)14-8-11-4-5-12(9-14)15(11)20/h11-14H,4-10H2,1-3H3,(H,18,21)/t11?,12?,13-,14?/m1/s1. The van der Waals surface area contributed by atoms with Crippen LogP contribution in [0.4, 0.5) is 4.79 Å². The molecule has 2 bridgehead atoms. The fourth-order valence-corrected chi connectivity index (χ4v) is 4.25. The molecule has 3 fully saturated rings. The van der Waals surface area contributed by atoms with E-state index in [9.17, 15) is 9.59 Å². The highest BCUT2D eigenvalue weighted by molar-refractivity contribution is 5.86. The van der Waals surface area contributed by atoms with Crippen LogP contribution in [-0.4, -0.2) is 47.6 Å². The lowest BCUT2D eigenvalue weighted by molar-refractivity contribution is -0.127. The Kier molecular flexibility index (Phi) is 4.19. The number of carbonyl (C=O) groups excluding carboxylic acids is 2. The largest absolute Gasteiger partial charge is 0.444 e. The average molecular weight is 308 g/mol. The molecule has 0 aromatic carbocycles. The van der Waals surface area contributed by atoms with Crippen LogP contribution in [0, 0.1) is 11.8 Å². The van der Waals surface area contributed by atoms with Gasteiger partial charge in [0.25, 0.3) is 0 Å². The number of hydrogen-bond acceptors (Lipinski definition) is 4. The molecule has 1 aliphatic heterocycles. The van der Waals surface area contributed by atoms with E-state index >= 15 is 0 Å². The number of amides is 1. The van der Waals surface area contributed by atoms with Crippen LogP contribution in [0.25, 0.3) is 0 Å². The Morgan fingerprint density at radius 1 is 1.18 bits per heavy atom. The molecule has 1 amide bonds. The van der Waals surface area contributed by atoms with Crippen molar-refractivity contribution in [1.29, 1.82) is 0 Å². The molecule has 1 heterocycles. The molecule has 2 aliphatic carbocycles. The summed E-state index contributed by atoms with van der Waals surface area (Å²) in [5, 5.41) is 2.98. The van der Waals surface area contributed by atoms with Gasteiger partial charge >= 0.3 is 6.09 Å². The van der Waals surface area contributed by atoms with Crippen molar-refractivity contribution in [1.82, 2.24) is 10.2 Å². The monoisotopic (exact) mass is 308 g/mol. The van der Waals surface area contributed by atoms with Gasteiger partial charge in [0.15, 0.2) is 0 Å². The maximum atomic E-state index is 12.0. The van der Waals surface area contributed by atoms with Crippen molar-refractivity contribution in [2.75, 3.05) is 13.1 Å². The summed E-state index contributed by atoms with van der Waals surface area (Å²) < 4.78 is 5.33. The van der Waals surface area contributed by atoms with E-state index in [1.165, 1.54) is 0 Å². The van der Waals surface area contributed by atoms with E-state index in [-0.39, 0.29) is 12.1 Å². The third-order valence-electron chi connectivity index (χ3n) is 5.24. The van der Waals surface area contributed by atoms with Gasteiger partial charge in [-0.25, -0.2) is 4.79 Å². The van der Waals surface area contributed by atoms with Crippen LogP contribution < -0.4 is 5.32 Å². The first-order valence-corrected chi connectivity index (χ1v) is 8.59. The normalized spacial score (nSPS) is 35.7. The molecular weight excluding hydrogens is 280 g/mol. The molecule has 0 aromatic rings. The molecular formula is C17H28N2O3. The first-order valence-electron chi connectivity index (χ1n) is 8.59. The zero-order chi connectivity index (χ0) is 15.9. The fraction of sp³-hybridized carbons (Fsp3) is 0.882. The van der Waals surface area contributed by atoms with Crippen molar-refractivity contribution in [3.8, 4) is 0 Å². The van der Waals surface area contributed by atoms with Crippen LogP contribution in [-0.2, 0) is 9.53 Å². The summed E-state index contributed by atoms with van der Waals surface area (Å²) in [7, 11) is 0. The van der Waals surface area contributed by atoms with Crippen LogP contribution >= 0.6 is 0 Å². The second-order valence-corrected chi connectivity index (χ2v) is 8.13. The number of rotatable bonds is 2. The van der Waals surface area contributed by atoms with E-state index in [4.69, 9.17) is 4.74 Å². The molecule has 0 spiro atoms. The average Bonchev–Trinajstić information content (AvgIpc) is 2.90. The number of ketones is 1. The Morgan fingerprint density at radius 3 is 2.41 bits per heavy atom. The lowest BCUT2D eigenvalue weighted by atomic mass is 9.83. The van der Waals surface area contributed by atoms with E-state index in [0.29, 0.717) is 23.7 Å². The predicted molar refractivity (Wildman–Crippen MR) is 83.6 cm³/mol. The van der Waals surface area contributed by atoms with E-state index < -0.39 is 5.60 Å². The number of nitrogens with one attached hydrogen (secondary N) is 1. The minimum atomic E-state index is -0.453. The summed E-state index contributed by atoms with van der Waals surface area (Å²) >= 11 is 0. The van der Waals surface area contributed by atoms with Crippen molar-refractivity contribution < 1.29 is 14.3 Å². The first kappa shape index (κ1) is 15.8. The molecule has 2 saturated carbocycles. The zero-order valence-corrected chi connectivity index (χ0v) is 13.9. The van der Waals surface area contributed by atoms with E-state index in [0.717, 1.165) is 45.2 Å². The molecule has 3 aliphatic rings. The van der Waals surface area contributed by atoms with Crippen molar-refractivity contribution >= 4 is 11.9 Å². The minimum absolute atomic E-state index is 0.171. The minimum Gasteiger partial charge on any atom is -0.444 e. The SMILES string of the molecule is CC(C)(C)OC(=O)N[C@@H]1CCN(C2CC3CCC(C2)C3=O)C1. The zero-order valence-electron chi connectivity index (χ0n) is 13.9. The maximum Gasteiger partial charge on any atom is 0.407 e. The van der Waals surface area contributed by atoms with E-state index in [1.807, 2.05) is 20.8 Å². The molecule has 5 nitrogen and oxygen atoms in total. The smallest absolute Gasteiger partial charge is 0.407 e. The van der Waals surface area contributed by atoms with Crippen molar-refractivity contribution in [3.63, 3.8) is 0 Å². The second kappa shape index (κ2) is 5.84. The Balaban J connectivity index is 1.49. The molecule has 22 heavy (non-hydrogen) atoms. The molecule has 124 valence electrons. The summed E-state index contributed by atoms with van der Waals surface area (Å²) in [5.74, 6) is 1.13. The van der Waals surface area contributed by atoms with Crippen molar-refractivity contribution in [3.05, 3.63) is 0 Å². The Hall–Kier alpha value is -1.10. The van der Waals surface area contributed by atoms with Crippen LogP contribution in [0.3, 0.4) is 0 Å². The molecule has 0 aromatic heterocycles. The highest BCUT2D eigenvalue weighted by atomic mass is 16.6. The number of carbonyl (C=O) groups is 2. The Labute approximate surface area is 132 Å². The number of fused-ring (bicyclic) bond motifs is 2. The molecule has 3 atom stereocenters. The van der Waals surface area contributed by atoms with Crippen LogP contribution in [0.5, 0.6) is 0 Å². The van der Waals surface area contributed by atoms with Gasteiger partial charge in [-0.05, 0) is 52.9 Å². The number of Topliss-reactive ketones (excluding diaryl/α,β-unsaturated/α-hetero) is 1. The van der Waals surface area contributed by atoms with Gasteiger partial charge in [-0.1, -0.05) is 0 Å². The van der Waals surface area contributed by atoms with Gasteiger partial charge in [-0.15, -0.1) is 0 Å². The van der Waals surface area contributed by atoms with Crippen molar-refractivity contribution in [2.24, 2.45) is 11.8 Å². The van der Waals surface area contributed by atoms with Crippen LogP contribution in [0.2, 0.25) is 0 Å². The van der Waals surface area contributed by atoms with Crippen LogP contribution in [0.15, 0.2) is 0 Å². The number of hydrogen-bond donors (Lipinski definition) is 1. The molecule has 5 heteroatoms. The van der Waals surface area contributed by atoms with E-state index in [1.54, 1.807) is 0 Å². The summed E-state index contributed by atoms with van der Waals surface area (Å²) in [5.41, 5.74) is -0.453. The van der Waals surface area contributed by atoms with Gasteiger partial charge in [0, 0.05) is 37.0 Å². The highest BCUT2D eigenvalue weighted by Crippen LogP contribution is 2.41. The first-order chi connectivity index (χ1) is 10.3. The Bertz CT molecular complexity index is 441. The summed E-state index contributed by atoms with van der Waals surface area (Å²) in [6.07, 6.45) is 4.88. The van der Waals surface area contributed by atoms with Gasteiger partial charge in [-0.2, -0.15) is 0 Å². The van der Waals surface area contributed by atoms with Gasteiger partial charge < -0.3 is 10.1 Å². The fourth-order valence-electron chi connectivity index (χ4n) is 4.25. The number of alkyl carbamates (subject to hydrolysis) is 1. The second-order valence-electron chi connectivity index (χ2n) is 8.13. The molecule has 1 saturated heterocycles. The number of ether oxygens (including phenoxy) is 1. The molecule has 1 N–H and O–H groups in total.